The van der Waals surface area contributed by atoms with Gasteiger partial charge in [-0.05, 0) is 50.1 Å². The zero-order chi connectivity index (χ0) is 22.6. The van der Waals surface area contributed by atoms with Crippen LogP contribution < -0.4 is 10.2 Å². The second-order valence-corrected chi connectivity index (χ2v) is 8.70. The molecule has 0 atom stereocenters. The van der Waals surface area contributed by atoms with Gasteiger partial charge in [0.1, 0.15) is 11.6 Å². The standard InChI is InChI=1S/C25H29FN6O/c26-21-9-4-5-10-22(21)31-17-15-30(16-18-31)14-6-13-27-25(33)23-28-24(19-11-12-19)32(29-23)20-7-2-1-3-8-20/h1-5,7-10,19H,6,11-18H2,(H,27,33). The number of nitrogens with zero attached hydrogens (tertiary/aromatic N) is 5. The van der Waals surface area contributed by atoms with Crippen molar-refractivity contribution in [3.63, 3.8) is 0 Å². The molecule has 0 radical (unpaired) electrons. The Kier molecular flexibility index (Phi) is 6.35. The Morgan fingerprint density at radius 1 is 1.00 bits per heavy atom. The number of amides is 1. The SMILES string of the molecule is O=C(NCCCN1CCN(c2ccccc2F)CC1)c1nc(C2CC2)n(-c2ccccc2)n1. The number of para-hydroxylation sites is 2. The molecule has 2 aromatic carbocycles. The summed E-state index contributed by atoms with van der Waals surface area (Å²) in [5, 5.41) is 7.47. The molecule has 3 aromatic rings. The molecule has 33 heavy (non-hydrogen) atoms. The van der Waals surface area contributed by atoms with Crippen molar-refractivity contribution in [1.82, 2.24) is 25.0 Å². The first-order valence-electron chi connectivity index (χ1n) is 11.7. The highest BCUT2D eigenvalue weighted by atomic mass is 19.1. The average Bonchev–Trinajstić information content (AvgIpc) is 3.61. The van der Waals surface area contributed by atoms with Gasteiger partial charge < -0.3 is 10.2 Å². The Bertz CT molecular complexity index is 1090. The fourth-order valence-electron chi connectivity index (χ4n) is 4.29. The highest BCUT2D eigenvalue weighted by Crippen LogP contribution is 2.39. The number of nitrogens with one attached hydrogen (secondary N) is 1. The maximum Gasteiger partial charge on any atom is 0.290 e. The molecule has 2 aliphatic rings. The molecular formula is C25H29FN6O. The molecule has 0 spiro atoms. The van der Waals surface area contributed by atoms with Crippen LogP contribution in [0.5, 0.6) is 0 Å². The minimum atomic E-state index is -0.226. The number of piperazine rings is 1. The molecule has 5 rings (SSSR count). The molecule has 2 fully saturated rings. The van der Waals surface area contributed by atoms with Crippen molar-refractivity contribution in [3.8, 4) is 5.69 Å². The minimum absolute atomic E-state index is 0.165. The third kappa shape index (κ3) is 5.06. The van der Waals surface area contributed by atoms with Gasteiger partial charge in [0.2, 0.25) is 5.82 Å². The van der Waals surface area contributed by atoms with Gasteiger partial charge in [-0.2, -0.15) is 0 Å². The summed E-state index contributed by atoms with van der Waals surface area (Å²) < 4.78 is 15.8. The van der Waals surface area contributed by atoms with Gasteiger partial charge in [-0.3, -0.25) is 9.69 Å². The Balaban J connectivity index is 1.09. The molecule has 0 unspecified atom stereocenters. The van der Waals surface area contributed by atoms with Crippen LogP contribution >= 0.6 is 0 Å². The normalized spacial score (nSPS) is 16.7. The van der Waals surface area contributed by atoms with Gasteiger partial charge in [0.25, 0.3) is 5.91 Å². The largest absolute Gasteiger partial charge is 0.367 e. The number of benzene rings is 2. The number of aromatic nitrogens is 3. The molecule has 1 aromatic heterocycles. The molecule has 1 aliphatic heterocycles. The van der Waals surface area contributed by atoms with Gasteiger partial charge in [0.15, 0.2) is 0 Å². The van der Waals surface area contributed by atoms with E-state index in [1.807, 2.05) is 47.1 Å². The lowest BCUT2D eigenvalue weighted by atomic mass is 10.2. The predicted octanol–water partition coefficient (Wildman–Crippen LogP) is 3.23. The van der Waals surface area contributed by atoms with Crippen molar-refractivity contribution in [2.24, 2.45) is 0 Å². The van der Waals surface area contributed by atoms with E-state index in [4.69, 9.17) is 0 Å². The summed E-state index contributed by atoms with van der Waals surface area (Å²) in [6, 6.07) is 16.8. The number of hydrogen-bond donors (Lipinski definition) is 1. The van der Waals surface area contributed by atoms with E-state index in [1.165, 1.54) is 6.07 Å². The average molecular weight is 449 g/mol. The molecular weight excluding hydrogens is 419 g/mol. The van der Waals surface area contributed by atoms with Gasteiger partial charge >= 0.3 is 0 Å². The summed E-state index contributed by atoms with van der Waals surface area (Å²) in [4.78, 5) is 21.7. The first-order valence-corrected chi connectivity index (χ1v) is 11.7. The summed E-state index contributed by atoms with van der Waals surface area (Å²) in [7, 11) is 0. The number of rotatable bonds is 8. The molecule has 1 amide bonds. The molecule has 1 N–H and O–H groups in total. The van der Waals surface area contributed by atoms with E-state index in [0.717, 1.165) is 63.5 Å². The topological polar surface area (TPSA) is 66.3 Å². The predicted molar refractivity (Wildman–Crippen MR) is 125 cm³/mol. The van der Waals surface area contributed by atoms with Crippen LogP contribution in [0.4, 0.5) is 10.1 Å². The smallest absolute Gasteiger partial charge is 0.290 e. The third-order valence-corrected chi connectivity index (χ3v) is 6.28. The molecule has 1 aliphatic carbocycles. The van der Waals surface area contributed by atoms with E-state index >= 15 is 0 Å². The highest BCUT2D eigenvalue weighted by molar-refractivity contribution is 5.90. The van der Waals surface area contributed by atoms with Crippen LogP contribution in [-0.2, 0) is 0 Å². The number of carbonyl (C=O) groups is 1. The fourth-order valence-corrected chi connectivity index (χ4v) is 4.29. The van der Waals surface area contributed by atoms with E-state index in [0.29, 0.717) is 18.2 Å². The van der Waals surface area contributed by atoms with Gasteiger partial charge in [0, 0.05) is 38.6 Å². The lowest BCUT2D eigenvalue weighted by molar-refractivity contribution is 0.0941. The van der Waals surface area contributed by atoms with Crippen LogP contribution in [0.15, 0.2) is 54.6 Å². The first kappa shape index (κ1) is 21.6. The van der Waals surface area contributed by atoms with Crippen molar-refractivity contribution in [1.29, 1.82) is 0 Å². The Hall–Kier alpha value is -3.26. The lowest BCUT2D eigenvalue weighted by Gasteiger charge is -2.36. The van der Waals surface area contributed by atoms with Crippen molar-refractivity contribution in [2.45, 2.75) is 25.2 Å². The molecule has 7 nitrogen and oxygen atoms in total. The van der Waals surface area contributed by atoms with Crippen LogP contribution in [0.2, 0.25) is 0 Å². The van der Waals surface area contributed by atoms with Gasteiger partial charge in [0.05, 0.1) is 11.4 Å². The second-order valence-electron chi connectivity index (χ2n) is 8.70. The van der Waals surface area contributed by atoms with E-state index in [1.54, 1.807) is 6.07 Å². The van der Waals surface area contributed by atoms with Gasteiger partial charge in [-0.1, -0.05) is 30.3 Å². The number of hydrogen-bond acceptors (Lipinski definition) is 5. The van der Waals surface area contributed by atoms with E-state index in [2.05, 4.69) is 25.2 Å². The Labute approximate surface area is 193 Å². The quantitative estimate of drug-likeness (QED) is 0.536. The van der Waals surface area contributed by atoms with Crippen molar-refractivity contribution in [3.05, 3.63) is 72.1 Å². The molecule has 8 heteroatoms. The number of halogens is 1. The monoisotopic (exact) mass is 448 g/mol. The van der Waals surface area contributed by atoms with Gasteiger partial charge in [-0.25, -0.2) is 14.1 Å². The van der Waals surface area contributed by atoms with Crippen LogP contribution in [-0.4, -0.2) is 64.8 Å². The van der Waals surface area contributed by atoms with Gasteiger partial charge in [-0.15, -0.1) is 5.10 Å². The van der Waals surface area contributed by atoms with Crippen molar-refractivity contribution >= 4 is 11.6 Å². The maximum atomic E-state index is 14.0. The number of anilines is 1. The number of carbonyl (C=O) groups excluding carboxylic acids is 1. The van der Waals surface area contributed by atoms with E-state index < -0.39 is 0 Å². The minimum Gasteiger partial charge on any atom is -0.367 e. The Morgan fingerprint density at radius 3 is 2.45 bits per heavy atom. The maximum absolute atomic E-state index is 14.0. The third-order valence-electron chi connectivity index (χ3n) is 6.28. The molecule has 0 bridgehead atoms. The molecule has 2 heterocycles. The van der Waals surface area contributed by atoms with Crippen LogP contribution in [0.3, 0.4) is 0 Å². The van der Waals surface area contributed by atoms with E-state index in [-0.39, 0.29) is 17.5 Å². The second kappa shape index (κ2) is 9.70. The summed E-state index contributed by atoms with van der Waals surface area (Å²) >= 11 is 0. The molecule has 1 saturated heterocycles. The fraction of sp³-hybridized carbons (Fsp3) is 0.400. The van der Waals surface area contributed by atoms with E-state index in [9.17, 15) is 9.18 Å². The van der Waals surface area contributed by atoms with Crippen LogP contribution in [0, 0.1) is 5.82 Å². The lowest BCUT2D eigenvalue weighted by Crippen LogP contribution is -2.47. The molecule has 1 saturated carbocycles. The summed E-state index contributed by atoms with van der Waals surface area (Å²) in [5.41, 5.74) is 1.61. The highest BCUT2D eigenvalue weighted by Gasteiger charge is 2.31. The van der Waals surface area contributed by atoms with Crippen molar-refractivity contribution in [2.75, 3.05) is 44.2 Å². The molecule has 172 valence electrons. The van der Waals surface area contributed by atoms with Crippen LogP contribution in [0.1, 0.15) is 41.6 Å². The first-order chi connectivity index (χ1) is 16.2. The van der Waals surface area contributed by atoms with Crippen molar-refractivity contribution < 1.29 is 9.18 Å². The summed E-state index contributed by atoms with van der Waals surface area (Å²) in [5.74, 6) is 1.11. The summed E-state index contributed by atoms with van der Waals surface area (Å²) in [6.07, 6.45) is 3.04. The summed E-state index contributed by atoms with van der Waals surface area (Å²) in [6.45, 7) is 4.85. The Morgan fingerprint density at radius 2 is 1.73 bits per heavy atom. The van der Waals surface area contributed by atoms with Crippen LogP contribution in [0.25, 0.3) is 5.69 Å². The zero-order valence-corrected chi connectivity index (χ0v) is 18.7. The zero-order valence-electron chi connectivity index (χ0n) is 18.7.